The van der Waals surface area contributed by atoms with Gasteiger partial charge < -0.3 is 11.1 Å². The summed E-state index contributed by atoms with van der Waals surface area (Å²) in [5, 5.41) is 3.02. The lowest BCUT2D eigenvalue weighted by Gasteiger charge is -2.17. The van der Waals surface area contributed by atoms with Crippen molar-refractivity contribution in [1.82, 2.24) is 5.32 Å². The fraction of sp³-hybridized carbons (Fsp3) is 0.800. The van der Waals surface area contributed by atoms with E-state index in [1.54, 1.807) is 0 Å². The van der Waals surface area contributed by atoms with E-state index in [-0.39, 0.29) is 11.8 Å². The maximum atomic E-state index is 11.8. The van der Waals surface area contributed by atoms with E-state index in [1.807, 2.05) is 18.7 Å². The maximum Gasteiger partial charge on any atom is 0.230 e. The van der Waals surface area contributed by atoms with Crippen LogP contribution in [0, 0.1) is 5.92 Å². The Morgan fingerprint density at radius 3 is 2.93 bits per heavy atom. The van der Waals surface area contributed by atoms with Gasteiger partial charge in [-0.15, -0.1) is 0 Å². The second kappa shape index (κ2) is 6.33. The van der Waals surface area contributed by atoms with E-state index in [2.05, 4.69) is 5.32 Å². The molecule has 3 N–H and O–H groups in total. The van der Waals surface area contributed by atoms with Gasteiger partial charge in [0.15, 0.2) is 0 Å². The summed E-state index contributed by atoms with van der Waals surface area (Å²) in [5.74, 6) is 1.88. The molecule has 3 nitrogen and oxygen atoms in total. The Hall–Kier alpha value is -0.290. The fourth-order valence-electron chi connectivity index (χ4n) is 1.64. The van der Waals surface area contributed by atoms with E-state index >= 15 is 0 Å². The molecule has 1 saturated heterocycles. The molecule has 2 atom stereocenters. The lowest BCUT2D eigenvalue weighted by atomic mass is 10.0. The smallest absolute Gasteiger partial charge is 0.230 e. The van der Waals surface area contributed by atoms with Crippen molar-refractivity contribution in [3.05, 3.63) is 0 Å². The van der Waals surface area contributed by atoms with Crippen molar-refractivity contribution in [3.8, 4) is 0 Å². The van der Waals surface area contributed by atoms with Gasteiger partial charge in [-0.1, -0.05) is 25.6 Å². The minimum absolute atomic E-state index is 0.0110. The van der Waals surface area contributed by atoms with Crippen LogP contribution in [-0.4, -0.2) is 28.4 Å². The van der Waals surface area contributed by atoms with Gasteiger partial charge in [0.05, 0.1) is 10.9 Å². The number of carbonyl (C=O) groups is 1. The first-order chi connectivity index (χ1) is 7.15. The van der Waals surface area contributed by atoms with E-state index in [4.69, 9.17) is 18.0 Å². The summed E-state index contributed by atoms with van der Waals surface area (Å²) < 4.78 is 0. The summed E-state index contributed by atoms with van der Waals surface area (Å²) in [6.45, 7) is 2.03. The van der Waals surface area contributed by atoms with Crippen molar-refractivity contribution in [2.24, 2.45) is 11.7 Å². The van der Waals surface area contributed by atoms with Crippen molar-refractivity contribution in [2.75, 3.05) is 11.5 Å². The van der Waals surface area contributed by atoms with E-state index < -0.39 is 0 Å². The van der Waals surface area contributed by atoms with E-state index in [0.717, 1.165) is 30.8 Å². The third-order valence-electron chi connectivity index (χ3n) is 2.51. The number of nitrogens with one attached hydrogen (secondary N) is 1. The molecular formula is C10H18N2OS2. The van der Waals surface area contributed by atoms with Crippen molar-refractivity contribution in [2.45, 2.75) is 32.2 Å². The van der Waals surface area contributed by atoms with Crippen LogP contribution in [-0.2, 0) is 4.79 Å². The number of amides is 1. The molecular weight excluding hydrogens is 228 g/mol. The standard InChI is InChI=1S/C10H18N2OS2/c1-2-3-8(9(11)14)10(13)12-7-4-5-15-6-7/h7-8H,2-6H2,1H3,(H2,11,14)(H,12,13). The lowest BCUT2D eigenvalue weighted by Crippen LogP contribution is -2.43. The van der Waals surface area contributed by atoms with Gasteiger partial charge in [-0.3, -0.25) is 4.79 Å². The zero-order valence-electron chi connectivity index (χ0n) is 8.99. The molecule has 0 aromatic carbocycles. The van der Waals surface area contributed by atoms with Crippen molar-refractivity contribution < 1.29 is 4.79 Å². The molecule has 0 saturated carbocycles. The predicted molar refractivity (Wildman–Crippen MR) is 69.1 cm³/mol. The van der Waals surface area contributed by atoms with Gasteiger partial charge in [0.2, 0.25) is 5.91 Å². The van der Waals surface area contributed by atoms with Crippen molar-refractivity contribution >= 4 is 34.9 Å². The van der Waals surface area contributed by atoms with Gasteiger partial charge in [0, 0.05) is 11.8 Å². The fourth-order valence-corrected chi connectivity index (χ4v) is 3.02. The van der Waals surface area contributed by atoms with Crippen LogP contribution in [0.4, 0.5) is 0 Å². The first-order valence-electron chi connectivity index (χ1n) is 5.32. The maximum absolute atomic E-state index is 11.8. The zero-order chi connectivity index (χ0) is 11.3. The highest BCUT2D eigenvalue weighted by Gasteiger charge is 2.24. The monoisotopic (exact) mass is 246 g/mol. The molecule has 0 aromatic rings. The second-order valence-electron chi connectivity index (χ2n) is 3.81. The highest BCUT2D eigenvalue weighted by molar-refractivity contribution is 7.99. The summed E-state index contributed by atoms with van der Waals surface area (Å²) in [4.78, 5) is 12.2. The highest BCUT2D eigenvalue weighted by Crippen LogP contribution is 2.18. The van der Waals surface area contributed by atoms with Gasteiger partial charge in [-0.05, 0) is 18.6 Å². The number of hydrogen-bond donors (Lipinski definition) is 2. The molecule has 1 fully saturated rings. The number of thioether (sulfide) groups is 1. The molecule has 0 spiro atoms. The van der Waals surface area contributed by atoms with E-state index in [1.165, 1.54) is 0 Å². The molecule has 1 heterocycles. The van der Waals surface area contributed by atoms with Crippen molar-refractivity contribution in [3.63, 3.8) is 0 Å². The minimum atomic E-state index is -0.282. The molecule has 86 valence electrons. The summed E-state index contributed by atoms with van der Waals surface area (Å²) in [6.07, 6.45) is 2.74. The zero-order valence-corrected chi connectivity index (χ0v) is 10.6. The summed E-state index contributed by atoms with van der Waals surface area (Å²) in [5.41, 5.74) is 5.56. The number of hydrogen-bond acceptors (Lipinski definition) is 3. The molecule has 1 aliphatic heterocycles. The first-order valence-corrected chi connectivity index (χ1v) is 6.89. The summed E-state index contributed by atoms with van der Waals surface area (Å²) in [7, 11) is 0. The van der Waals surface area contributed by atoms with Crippen LogP contribution in [0.2, 0.25) is 0 Å². The van der Waals surface area contributed by atoms with Gasteiger partial charge in [-0.2, -0.15) is 11.8 Å². The molecule has 0 bridgehead atoms. The molecule has 1 aliphatic rings. The number of carbonyl (C=O) groups excluding carboxylic acids is 1. The molecule has 1 amide bonds. The van der Waals surface area contributed by atoms with Crippen LogP contribution in [0.3, 0.4) is 0 Å². The van der Waals surface area contributed by atoms with Crippen LogP contribution in [0.5, 0.6) is 0 Å². The molecule has 1 rings (SSSR count). The number of rotatable bonds is 5. The van der Waals surface area contributed by atoms with Gasteiger partial charge in [0.1, 0.15) is 0 Å². The third-order valence-corrected chi connectivity index (χ3v) is 3.96. The van der Waals surface area contributed by atoms with Gasteiger partial charge >= 0.3 is 0 Å². The van der Waals surface area contributed by atoms with Gasteiger partial charge in [0.25, 0.3) is 0 Å². The molecule has 5 heteroatoms. The number of nitrogens with two attached hydrogens (primary N) is 1. The molecule has 0 aromatic heterocycles. The Bertz CT molecular complexity index is 240. The lowest BCUT2D eigenvalue weighted by molar-refractivity contribution is -0.123. The van der Waals surface area contributed by atoms with Gasteiger partial charge in [-0.25, -0.2) is 0 Å². The quantitative estimate of drug-likeness (QED) is 0.718. The average Bonchev–Trinajstić information content (AvgIpc) is 2.65. The second-order valence-corrected chi connectivity index (χ2v) is 5.43. The highest BCUT2D eigenvalue weighted by atomic mass is 32.2. The summed E-state index contributed by atoms with van der Waals surface area (Å²) in [6, 6.07) is 0.316. The molecule has 0 radical (unpaired) electrons. The first kappa shape index (κ1) is 12.8. The minimum Gasteiger partial charge on any atom is -0.393 e. The van der Waals surface area contributed by atoms with Crippen molar-refractivity contribution in [1.29, 1.82) is 0 Å². The summed E-state index contributed by atoms with van der Waals surface area (Å²) >= 11 is 6.79. The Morgan fingerprint density at radius 1 is 1.73 bits per heavy atom. The predicted octanol–water partition coefficient (Wildman–Crippen LogP) is 1.31. The van der Waals surface area contributed by atoms with Crippen LogP contribution in [0.1, 0.15) is 26.2 Å². The normalized spacial score (nSPS) is 22.3. The third kappa shape index (κ3) is 3.99. The van der Waals surface area contributed by atoms with Crippen LogP contribution >= 0.6 is 24.0 Å². The van der Waals surface area contributed by atoms with E-state index in [0.29, 0.717) is 11.0 Å². The average molecular weight is 246 g/mol. The Balaban J connectivity index is 2.44. The molecule has 0 aliphatic carbocycles. The van der Waals surface area contributed by atoms with Crippen LogP contribution in [0.25, 0.3) is 0 Å². The van der Waals surface area contributed by atoms with Crippen LogP contribution < -0.4 is 11.1 Å². The SMILES string of the molecule is CCCC(C(=O)NC1CCSC1)C(N)=S. The van der Waals surface area contributed by atoms with Crippen LogP contribution in [0.15, 0.2) is 0 Å². The Labute approximate surface area is 101 Å². The molecule has 15 heavy (non-hydrogen) atoms. The Morgan fingerprint density at radius 2 is 2.47 bits per heavy atom. The topological polar surface area (TPSA) is 55.1 Å². The molecule has 2 unspecified atom stereocenters. The van der Waals surface area contributed by atoms with E-state index in [9.17, 15) is 4.79 Å². The largest absolute Gasteiger partial charge is 0.393 e. The number of thiocarbonyl (C=S) groups is 1. The Kier molecular flexibility index (Phi) is 5.39.